The predicted octanol–water partition coefficient (Wildman–Crippen LogP) is 4.20. The lowest BCUT2D eigenvalue weighted by molar-refractivity contribution is 0.0526. The molecule has 1 rings (SSSR count). The number of esters is 1. The first kappa shape index (κ1) is 16.2. The van der Waals surface area contributed by atoms with Crippen LogP contribution < -0.4 is 0 Å². The van der Waals surface area contributed by atoms with Crippen molar-refractivity contribution in [2.75, 3.05) is 6.61 Å². The summed E-state index contributed by atoms with van der Waals surface area (Å²) < 4.78 is 4.88. The van der Waals surface area contributed by atoms with Crippen molar-refractivity contribution < 1.29 is 9.53 Å². The van der Waals surface area contributed by atoms with Gasteiger partial charge in [0, 0.05) is 6.20 Å². The third-order valence-electron chi connectivity index (χ3n) is 2.08. The molecule has 0 aromatic carbocycles. The van der Waals surface area contributed by atoms with Gasteiger partial charge in [0.05, 0.1) is 17.9 Å². The van der Waals surface area contributed by atoms with Crippen LogP contribution in [0.25, 0.3) is 6.08 Å². The number of aromatic nitrogens is 1. The van der Waals surface area contributed by atoms with E-state index < -0.39 is 0 Å². The smallest absolute Gasteiger partial charge is 0.340 e. The number of H-pyrrole nitrogens is 1. The molecule has 0 bridgehead atoms. The molecular weight excluding hydrogens is 226 g/mol. The van der Waals surface area contributed by atoms with Crippen LogP contribution in [0.3, 0.4) is 0 Å². The van der Waals surface area contributed by atoms with Crippen molar-refractivity contribution in [1.82, 2.24) is 4.98 Å². The molecule has 1 aromatic rings. The Morgan fingerprint density at radius 2 is 2.06 bits per heavy atom. The molecule has 1 N–H and O–H groups in total. The number of aromatic amines is 1. The second kappa shape index (κ2) is 10.4. The fraction of sp³-hybridized carbons (Fsp3) is 0.400. The zero-order chi connectivity index (χ0) is 13.8. The average Bonchev–Trinajstić information content (AvgIpc) is 2.80. The zero-order valence-electron chi connectivity index (χ0n) is 11.7. The van der Waals surface area contributed by atoms with Crippen molar-refractivity contribution in [2.24, 2.45) is 0 Å². The maximum atomic E-state index is 11.3. The van der Waals surface area contributed by atoms with Gasteiger partial charge in [0.25, 0.3) is 0 Å². The standard InChI is InChI=1S/C10H13NO2.C5H10/c1-3-5-9-8(6-7-11-9)10(12)13-4-2;1-3-5-4-2/h3,5-7,11H,4H2,1-2H3;3,5H,4H2,1-2H3/b5-3+;5-3-. The molecule has 0 aliphatic carbocycles. The van der Waals surface area contributed by atoms with Crippen LogP contribution in [0.15, 0.2) is 30.5 Å². The predicted molar refractivity (Wildman–Crippen MR) is 76.6 cm³/mol. The van der Waals surface area contributed by atoms with E-state index in [4.69, 9.17) is 4.74 Å². The highest BCUT2D eigenvalue weighted by Crippen LogP contribution is 2.10. The summed E-state index contributed by atoms with van der Waals surface area (Å²) in [5.74, 6) is -0.281. The number of nitrogens with one attached hydrogen (secondary N) is 1. The Hall–Kier alpha value is -1.77. The average molecular weight is 249 g/mol. The van der Waals surface area contributed by atoms with Gasteiger partial charge in [0.1, 0.15) is 0 Å². The lowest BCUT2D eigenvalue weighted by Gasteiger charge is -1.99. The number of allylic oxidation sites excluding steroid dienone is 3. The monoisotopic (exact) mass is 249 g/mol. The Morgan fingerprint density at radius 1 is 1.33 bits per heavy atom. The van der Waals surface area contributed by atoms with Crippen molar-refractivity contribution in [3.63, 3.8) is 0 Å². The molecule has 0 radical (unpaired) electrons. The van der Waals surface area contributed by atoms with Crippen molar-refractivity contribution >= 4 is 12.0 Å². The van der Waals surface area contributed by atoms with E-state index in [0.29, 0.717) is 12.2 Å². The van der Waals surface area contributed by atoms with E-state index >= 15 is 0 Å². The first-order chi connectivity index (χ1) is 8.71. The second-order valence-corrected chi connectivity index (χ2v) is 3.50. The molecule has 0 amide bonds. The van der Waals surface area contributed by atoms with Gasteiger partial charge in [-0.3, -0.25) is 0 Å². The number of hydrogen-bond donors (Lipinski definition) is 1. The highest BCUT2D eigenvalue weighted by atomic mass is 16.5. The minimum Gasteiger partial charge on any atom is -0.462 e. The summed E-state index contributed by atoms with van der Waals surface area (Å²) in [6.07, 6.45) is 10.8. The van der Waals surface area contributed by atoms with Crippen LogP contribution in [-0.2, 0) is 4.74 Å². The lowest BCUT2D eigenvalue weighted by Crippen LogP contribution is -2.04. The maximum Gasteiger partial charge on any atom is 0.340 e. The van der Waals surface area contributed by atoms with E-state index in [1.807, 2.05) is 26.0 Å². The van der Waals surface area contributed by atoms with Gasteiger partial charge in [-0.2, -0.15) is 0 Å². The van der Waals surface area contributed by atoms with E-state index in [1.165, 1.54) is 0 Å². The first-order valence-corrected chi connectivity index (χ1v) is 6.29. The van der Waals surface area contributed by atoms with Crippen LogP contribution in [0, 0.1) is 0 Å². The van der Waals surface area contributed by atoms with E-state index in [-0.39, 0.29) is 5.97 Å². The molecule has 100 valence electrons. The lowest BCUT2D eigenvalue weighted by atomic mass is 10.2. The van der Waals surface area contributed by atoms with Gasteiger partial charge < -0.3 is 9.72 Å². The maximum absolute atomic E-state index is 11.3. The normalized spacial score (nSPS) is 10.4. The van der Waals surface area contributed by atoms with Gasteiger partial charge in [-0.15, -0.1) is 0 Å². The summed E-state index contributed by atoms with van der Waals surface area (Å²) in [5, 5.41) is 0. The molecular formula is C15H23NO2. The number of rotatable bonds is 4. The molecule has 1 aromatic heterocycles. The summed E-state index contributed by atoms with van der Waals surface area (Å²) in [4.78, 5) is 14.3. The van der Waals surface area contributed by atoms with Crippen molar-refractivity contribution in [2.45, 2.75) is 34.1 Å². The first-order valence-electron chi connectivity index (χ1n) is 6.29. The van der Waals surface area contributed by atoms with Crippen LogP contribution in [0.2, 0.25) is 0 Å². The van der Waals surface area contributed by atoms with Crippen molar-refractivity contribution in [3.05, 3.63) is 41.7 Å². The Kier molecular flexibility index (Phi) is 9.37. The van der Waals surface area contributed by atoms with Gasteiger partial charge in [0.15, 0.2) is 0 Å². The highest BCUT2D eigenvalue weighted by Gasteiger charge is 2.10. The van der Waals surface area contributed by atoms with Gasteiger partial charge in [0.2, 0.25) is 0 Å². The largest absolute Gasteiger partial charge is 0.462 e. The molecule has 0 aliphatic rings. The second-order valence-electron chi connectivity index (χ2n) is 3.50. The molecule has 0 unspecified atom stereocenters. The van der Waals surface area contributed by atoms with Gasteiger partial charge in [-0.05, 0) is 39.3 Å². The van der Waals surface area contributed by atoms with Gasteiger partial charge in [-0.25, -0.2) is 4.79 Å². The minimum absolute atomic E-state index is 0.281. The summed E-state index contributed by atoms with van der Waals surface area (Å²) >= 11 is 0. The zero-order valence-corrected chi connectivity index (χ0v) is 11.7. The summed E-state index contributed by atoms with van der Waals surface area (Å²) in [5.41, 5.74) is 1.38. The minimum atomic E-state index is -0.281. The molecule has 18 heavy (non-hydrogen) atoms. The number of carbonyl (C=O) groups is 1. The third kappa shape index (κ3) is 6.09. The van der Waals surface area contributed by atoms with Crippen LogP contribution >= 0.6 is 0 Å². The quantitative estimate of drug-likeness (QED) is 0.642. The topological polar surface area (TPSA) is 42.1 Å². The van der Waals surface area contributed by atoms with Crippen LogP contribution in [0.4, 0.5) is 0 Å². The fourth-order valence-corrected chi connectivity index (χ4v) is 1.31. The van der Waals surface area contributed by atoms with Crippen LogP contribution in [-0.4, -0.2) is 17.6 Å². The summed E-state index contributed by atoms with van der Waals surface area (Å²) in [7, 11) is 0. The molecule has 0 atom stereocenters. The van der Waals surface area contributed by atoms with E-state index in [0.717, 1.165) is 12.1 Å². The van der Waals surface area contributed by atoms with E-state index in [2.05, 4.69) is 24.1 Å². The number of hydrogen-bond acceptors (Lipinski definition) is 2. The fourth-order valence-electron chi connectivity index (χ4n) is 1.31. The SMILES string of the molecule is C/C=C/c1[nH]ccc1C(=O)OCC.C/C=C\CC. The molecule has 1 heterocycles. The Balaban J connectivity index is 0.000000494. The summed E-state index contributed by atoms with van der Waals surface area (Å²) in [6, 6.07) is 1.72. The molecule has 3 nitrogen and oxygen atoms in total. The number of ether oxygens (including phenoxy) is 1. The molecule has 0 saturated carbocycles. The molecule has 0 spiro atoms. The van der Waals surface area contributed by atoms with Crippen LogP contribution in [0.5, 0.6) is 0 Å². The Morgan fingerprint density at radius 3 is 2.50 bits per heavy atom. The Labute approximate surface area is 110 Å². The number of carbonyl (C=O) groups excluding carboxylic acids is 1. The van der Waals surface area contributed by atoms with Crippen molar-refractivity contribution in [3.8, 4) is 0 Å². The van der Waals surface area contributed by atoms with Gasteiger partial charge >= 0.3 is 5.97 Å². The Bertz CT molecular complexity index is 389. The molecule has 3 heteroatoms. The molecule has 0 fully saturated rings. The van der Waals surface area contributed by atoms with Crippen molar-refractivity contribution in [1.29, 1.82) is 0 Å². The van der Waals surface area contributed by atoms with E-state index in [9.17, 15) is 4.79 Å². The van der Waals surface area contributed by atoms with E-state index in [1.54, 1.807) is 19.2 Å². The molecule has 0 aliphatic heterocycles. The summed E-state index contributed by atoms with van der Waals surface area (Å²) in [6.45, 7) is 8.25. The third-order valence-corrected chi connectivity index (χ3v) is 2.08. The highest BCUT2D eigenvalue weighted by molar-refractivity contribution is 5.93. The molecule has 0 saturated heterocycles. The van der Waals surface area contributed by atoms with Crippen LogP contribution in [0.1, 0.15) is 50.2 Å². The van der Waals surface area contributed by atoms with Gasteiger partial charge in [-0.1, -0.05) is 25.2 Å².